The minimum Gasteiger partial charge on any atom is -0.377 e. The normalized spacial score (nSPS) is 19.7. The van der Waals surface area contributed by atoms with Crippen molar-refractivity contribution in [3.63, 3.8) is 0 Å². The summed E-state index contributed by atoms with van der Waals surface area (Å²) in [5.41, 5.74) is 0. The number of ether oxygens (including phenoxy) is 1. The second kappa shape index (κ2) is 5.82. The third-order valence-electron chi connectivity index (χ3n) is 2.73. The van der Waals surface area contributed by atoms with Gasteiger partial charge in [0.15, 0.2) is 9.84 Å². The minimum atomic E-state index is -2.94. The molecule has 1 saturated heterocycles. The van der Waals surface area contributed by atoms with Gasteiger partial charge in [0.05, 0.1) is 23.7 Å². The molecule has 1 rings (SSSR count). The van der Waals surface area contributed by atoms with E-state index in [0.29, 0.717) is 6.61 Å². The average molecular weight is 235 g/mol. The van der Waals surface area contributed by atoms with Gasteiger partial charge in [-0.3, -0.25) is 0 Å². The Labute approximate surface area is 92.3 Å². The summed E-state index contributed by atoms with van der Waals surface area (Å²) in [5, 5.41) is 2.94. The molecule has 0 bridgehead atoms. The number of sulfone groups is 1. The monoisotopic (exact) mass is 235 g/mol. The third-order valence-corrected chi connectivity index (χ3v) is 4.90. The third kappa shape index (κ3) is 4.49. The Morgan fingerprint density at radius 1 is 1.33 bits per heavy atom. The molecule has 4 nitrogen and oxygen atoms in total. The fourth-order valence-corrected chi connectivity index (χ4v) is 2.33. The van der Waals surface area contributed by atoms with Gasteiger partial charge < -0.3 is 10.1 Å². The van der Waals surface area contributed by atoms with E-state index < -0.39 is 9.84 Å². The van der Waals surface area contributed by atoms with Crippen LogP contribution in [0.5, 0.6) is 0 Å². The van der Waals surface area contributed by atoms with Crippen LogP contribution >= 0.6 is 0 Å². The maximum absolute atomic E-state index is 11.5. The van der Waals surface area contributed by atoms with Gasteiger partial charge in [-0.05, 0) is 39.8 Å². The summed E-state index contributed by atoms with van der Waals surface area (Å²) in [6.07, 6.45) is 2.22. The molecule has 15 heavy (non-hydrogen) atoms. The van der Waals surface area contributed by atoms with Gasteiger partial charge in [-0.25, -0.2) is 8.42 Å². The van der Waals surface area contributed by atoms with Crippen molar-refractivity contribution in [3.05, 3.63) is 0 Å². The fourth-order valence-electron chi connectivity index (χ4n) is 1.53. The molecule has 0 spiro atoms. The number of piperidine rings is 1. The SMILES string of the molecule is CC(C)S(=O)(=O)CCOC1CCNCC1. The smallest absolute Gasteiger partial charge is 0.154 e. The van der Waals surface area contributed by atoms with E-state index in [0.717, 1.165) is 25.9 Å². The molecular formula is C10H21NO3S. The molecule has 0 unspecified atom stereocenters. The highest BCUT2D eigenvalue weighted by atomic mass is 32.2. The van der Waals surface area contributed by atoms with Crippen molar-refractivity contribution in [3.8, 4) is 0 Å². The van der Waals surface area contributed by atoms with Crippen LogP contribution in [0.4, 0.5) is 0 Å². The highest BCUT2D eigenvalue weighted by Crippen LogP contribution is 2.08. The van der Waals surface area contributed by atoms with Crippen molar-refractivity contribution in [2.24, 2.45) is 0 Å². The zero-order valence-corrected chi connectivity index (χ0v) is 10.3. The van der Waals surface area contributed by atoms with Crippen molar-refractivity contribution in [1.82, 2.24) is 5.32 Å². The summed E-state index contributed by atoms with van der Waals surface area (Å²) in [5.74, 6) is 0.147. The number of hydrogen-bond acceptors (Lipinski definition) is 4. The van der Waals surface area contributed by atoms with Crippen LogP contribution in [-0.2, 0) is 14.6 Å². The van der Waals surface area contributed by atoms with E-state index >= 15 is 0 Å². The fraction of sp³-hybridized carbons (Fsp3) is 1.00. The second-order valence-corrected chi connectivity index (χ2v) is 6.91. The summed E-state index contributed by atoms with van der Waals surface area (Å²) >= 11 is 0. The van der Waals surface area contributed by atoms with Gasteiger partial charge in [-0.2, -0.15) is 0 Å². The molecule has 0 radical (unpaired) electrons. The van der Waals surface area contributed by atoms with E-state index in [4.69, 9.17) is 4.74 Å². The lowest BCUT2D eigenvalue weighted by Gasteiger charge is -2.23. The first-order chi connectivity index (χ1) is 7.02. The van der Waals surface area contributed by atoms with Crippen molar-refractivity contribution in [2.75, 3.05) is 25.4 Å². The number of nitrogens with one attached hydrogen (secondary N) is 1. The summed E-state index contributed by atoms with van der Waals surface area (Å²) in [6.45, 7) is 5.70. The van der Waals surface area contributed by atoms with Gasteiger partial charge in [-0.1, -0.05) is 0 Å². The highest BCUT2D eigenvalue weighted by Gasteiger charge is 2.18. The lowest BCUT2D eigenvalue weighted by molar-refractivity contribution is 0.0426. The summed E-state index contributed by atoms with van der Waals surface area (Å²) in [4.78, 5) is 0. The van der Waals surface area contributed by atoms with E-state index in [1.54, 1.807) is 13.8 Å². The zero-order chi connectivity index (χ0) is 11.3. The molecule has 0 saturated carbocycles. The van der Waals surface area contributed by atoms with Crippen LogP contribution in [0.15, 0.2) is 0 Å². The van der Waals surface area contributed by atoms with E-state index in [9.17, 15) is 8.42 Å². The van der Waals surface area contributed by atoms with Crippen LogP contribution in [0.1, 0.15) is 26.7 Å². The van der Waals surface area contributed by atoms with Crippen molar-refractivity contribution in [1.29, 1.82) is 0 Å². The maximum Gasteiger partial charge on any atom is 0.154 e. The Balaban J connectivity index is 2.20. The Bertz CT molecular complexity index is 268. The standard InChI is InChI=1S/C10H21NO3S/c1-9(2)15(12,13)8-7-14-10-3-5-11-6-4-10/h9-11H,3-8H2,1-2H3. The Hall–Kier alpha value is -0.130. The molecule has 0 aromatic rings. The number of hydrogen-bond donors (Lipinski definition) is 1. The van der Waals surface area contributed by atoms with Crippen LogP contribution in [0.2, 0.25) is 0 Å². The first-order valence-electron chi connectivity index (χ1n) is 5.56. The van der Waals surface area contributed by atoms with Gasteiger partial charge in [0.1, 0.15) is 0 Å². The first-order valence-corrected chi connectivity index (χ1v) is 7.28. The molecule has 0 aromatic carbocycles. The molecule has 1 heterocycles. The van der Waals surface area contributed by atoms with Crippen molar-refractivity contribution >= 4 is 9.84 Å². The van der Waals surface area contributed by atoms with Gasteiger partial charge in [0.2, 0.25) is 0 Å². The van der Waals surface area contributed by atoms with Gasteiger partial charge in [0, 0.05) is 0 Å². The van der Waals surface area contributed by atoms with Crippen LogP contribution in [0.3, 0.4) is 0 Å². The predicted molar refractivity (Wildman–Crippen MR) is 60.8 cm³/mol. The van der Waals surface area contributed by atoms with Crippen molar-refractivity contribution in [2.45, 2.75) is 38.0 Å². The molecule has 0 atom stereocenters. The zero-order valence-electron chi connectivity index (χ0n) is 9.53. The van der Waals surface area contributed by atoms with Crippen LogP contribution in [0.25, 0.3) is 0 Å². The highest BCUT2D eigenvalue weighted by molar-refractivity contribution is 7.91. The van der Waals surface area contributed by atoms with Crippen LogP contribution in [0, 0.1) is 0 Å². The molecule has 5 heteroatoms. The van der Waals surface area contributed by atoms with Gasteiger partial charge >= 0.3 is 0 Å². The quantitative estimate of drug-likeness (QED) is 0.757. The molecule has 1 aliphatic rings. The second-order valence-electron chi connectivity index (χ2n) is 4.24. The first kappa shape index (κ1) is 12.9. The molecule has 0 aromatic heterocycles. The van der Waals surface area contributed by atoms with Gasteiger partial charge in [-0.15, -0.1) is 0 Å². The molecule has 90 valence electrons. The topological polar surface area (TPSA) is 55.4 Å². The Kier molecular flexibility index (Phi) is 5.02. The average Bonchev–Trinajstić information content (AvgIpc) is 2.19. The van der Waals surface area contributed by atoms with E-state index in [2.05, 4.69) is 5.32 Å². The van der Waals surface area contributed by atoms with E-state index in [-0.39, 0.29) is 17.1 Å². The van der Waals surface area contributed by atoms with E-state index in [1.807, 2.05) is 0 Å². The van der Waals surface area contributed by atoms with Crippen LogP contribution in [-0.4, -0.2) is 45.2 Å². The molecular weight excluding hydrogens is 214 g/mol. The largest absolute Gasteiger partial charge is 0.377 e. The van der Waals surface area contributed by atoms with E-state index in [1.165, 1.54) is 0 Å². The number of rotatable bonds is 5. The molecule has 1 N–H and O–H groups in total. The Morgan fingerprint density at radius 2 is 1.93 bits per heavy atom. The lowest BCUT2D eigenvalue weighted by atomic mass is 10.1. The molecule has 0 aliphatic carbocycles. The predicted octanol–water partition coefficient (Wildman–Crippen LogP) is 0.578. The maximum atomic E-state index is 11.5. The van der Waals surface area contributed by atoms with Gasteiger partial charge in [0.25, 0.3) is 0 Å². The molecule has 0 amide bonds. The summed E-state index contributed by atoms with van der Waals surface area (Å²) in [7, 11) is -2.94. The Morgan fingerprint density at radius 3 is 2.47 bits per heavy atom. The van der Waals surface area contributed by atoms with Crippen LogP contribution < -0.4 is 5.32 Å². The molecule has 1 fully saturated rings. The molecule has 1 aliphatic heterocycles. The lowest BCUT2D eigenvalue weighted by Crippen LogP contribution is -2.33. The summed E-state index contributed by atoms with van der Waals surface area (Å²) < 4.78 is 28.5. The van der Waals surface area contributed by atoms with Crippen molar-refractivity contribution < 1.29 is 13.2 Å². The minimum absolute atomic E-state index is 0.147. The summed E-state index contributed by atoms with van der Waals surface area (Å²) in [6, 6.07) is 0.